The number of carbonyl (C=O) groups is 2. The Balaban J connectivity index is 2.12. The Bertz CT molecular complexity index is 273. The Morgan fingerprint density at radius 3 is 2.17 bits per heavy atom. The first-order valence-corrected chi connectivity index (χ1v) is 3.81. The van der Waals surface area contributed by atoms with Crippen LogP contribution in [0.4, 0.5) is 0 Å². The lowest BCUT2D eigenvalue weighted by Crippen LogP contribution is -2.27. The lowest BCUT2D eigenvalue weighted by atomic mass is 10.3. The maximum Gasteiger partial charge on any atom is 0.316 e. The van der Waals surface area contributed by atoms with E-state index in [1.54, 1.807) is 0 Å². The van der Waals surface area contributed by atoms with Gasteiger partial charge in [-0.05, 0) is 19.8 Å². The highest BCUT2D eigenvalue weighted by molar-refractivity contribution is 6.45. The quantitative estimate of drug-likeness (QED) is 0.499. The van der Waals surface area contributed by atoms with Crippen molar-refractivity contribution >= 4 is 17.8 Å². The van der Waals surface area contributed by atoms with Crippen LogP contribution in [0.3, 0.4) is 0 Å². The van der Waals surface area contributed by atoms with Crippen LogP contribution >= 0.6 is 0 Å². The zero-order valence-corrected chi connectivity index (χ0v) is 6.68. The number of carbonyl (C=O) groups excluding carboxylic acids is 2. The number of nitrogens with one attached hydrogen (secondary N) is 2. The van der Waals surface area contributed by atoms with Gasteiger partial charge in [0.05, 0.1) is 5.54 Å². The van der Waals surface area contributed by atoms with Crippen LogP contribution in [0.1, 0.15) is 19.8 Å². The fourth-order valence-electron chi connectivity index (χ4n) is 0.978. The van der Waals surface area contributed by atoms with Gasteiger partial charge in [0.2, 0.25) is 5.96 Å². The third-order valence-electron chi connectivity index (χ3n) is 2.03. The van der Waals surface area contributed by atoms with Crippen molar-refractivity contribution in [3.63, 3.8) is 0 Å². The lowest BCUT2D eigenvalue weighted by molar-refractivity contribution is -0.135. The summed E-state index contributed by atoms with van der Waals surface area (Å²) in [5.74, 6) is -0.957. The number of hydrogen-bond acceptors (Lipinski definition) is 3. The maximum atomic E-state index is 10.7. The van der Waals surface area contributed by atoms with Gasteiger partial charge >= 0.3 is 11.8 Å². The summed E-state index contributed by atoms with van der Waals surface area (Å²) in [5.41, 5.74) is -0.0553. The topological polar surface area (TPSA) is 70.6 Å². The van der Waals surface area contributed by atoms with Crippen molar-refractivity contribution < 1.29 is 9.59 Å². The number of rotatable bonds is 1. The summed E-state index contributed by atoms with van der Waals surface area (Å²) in [4.78, 5) is 25.5. The Kier molecular flexibility index (Phi) is 1.25. The predicted octanol–water partition coefficient (Wildman–Crippen LogP) is -0.859. The van der Waals surface area contributed by atoms with E-state index in [9.17, 15) is 9.59 Å². The van der Waals surface area contributed by atoms with Gasteiger partial charge in [0, 0.05) is 0 Å². The van der Waals surface area contributed by atoms with Crippen LogP contribution in [0.2, 0.25) is 0 Å². The van der Waals surface area contributed by atoms with Crippen molar-refractivity contribution in [1.82, 2.24) is 10.6 Å². The van der Waals surface area contributed by atoms with Gasteiger partial charge < -0.3 is 0 Å². The molecule has 1 saturated heterocycles. The number of aliphatic imine (C=N–C) groups is 1. The molecule has 0 aromatic carbocycles. The standard InChI is InChI=1S/C7H9N3O2/c1-7(2-3-7)10-6-8-4(11)5(12)9-6/h2-3H2,1H3,(H2,8,9,10,11,12). The summed E-state index contributed by atoms with van der Waals surface area (Å²) < 4.78 is 0. The van der Waals surface area contributed by atoms with Crippen molar-refractivity contribution in [3.05, 3.63) is 0 Å². The molecule has 1 saturated carbocycles. The highest BCUT2D eigenvalue weighted by atomic mass is 16.2. The number of hydrogen-bond donors (Lipinski definition) is 2. The summed E-state index contributed by atoms with van der Waals surface area (Å²) >= 11 is 0. The summed E-state index contributed by atoms with van der Waals surface area (Å²) in [6.45, 7) is 1.98. The van der Waals surface area contributed by atoms with Gasteiger partial charge in [-0.25, -0.2) is 4.99 Å². The molecule has 0 spiro atoms. The number of amides is 2. The molecule has 0 aromatic heterocycles. The number of nitrogens with zero attached hydrogens (tertiary/aromatic N) is 1. The second-order valence-corrected chi connectivity index (χ2v) is 3.37. The van der Waals surface area contributed by atoms with E-state index in [4.69, 9.17) is 0 Å². The van der Waals surface area contributed by atoms with E-state index in [0.717, 1.165) is 12.8 Å². The van der Waals surface area contributed by atoms with Gasteiger partial charge in [0.15, 0.2) is 0 Å². The molecule has 1 aliphatic heterocycles. The first kappa shape index (κ1) is 7.27. The third kappa shape index (κ3) is 1.17. The molecule has 1 heterocycles. The van der Waals surface area contributed by atoms with Gasteiger partial charge in [0.1, 0.15) is 0 Å². The van der Waals surface area contributed by atoms with Crippen molar-refractivity contribution in [2.45, 2.75) is 25.3 Å². The Labute approximate surface area is 69.2 Å². The molecule has 64 valence electrons. The first-order chi connectivity index (χ1) is 5.59. The van der Waals surface area contributed by atoms with Crippen LogP contribution in [-0.2, 0) is 9.59 Å². The molecule has 5 nitrogen and oxygen atoms in total. The third-order valence-corrected chi connectivity index (χ3v) is 2.03. The molecular weight excluding hydrogens is 158 g/mol. The molecule has 5 heteroatoms. The van der Waals surface area contributed by atoms with E-state index in [1.807, 2.05) is 6.92 Å². The maximum absolute atomic E-state index is 10.7. The molecule has 0 aromatic rings. The summed E-state index contributed by atoms with van der Waals surface area (Å²) in [6, 6.07) is 0. The largest absolute Gasteiger partial charge is 0.316 e. The molecule has 2 amide bonds. The van der Waals surface area contributed by atoms with E-state index in [2.05, 4.69) is 15.6 Å². The van der Waals surface area contributed by atoms with Gasteiger partial charge in [-0.2, -0.15) is 0 Å². The summed E-state index contributed by atoms with van der Waals surface area (Å²) in [6.07, 6.45) is 2.03. The van der Waals surface area contributed by atoms with Gasteiger partial charge in [-0.1, -0.05) is 0 Å². The smallest absolute Gasteiger partial charge is 0.288 e. The van der Waals surface area contributed by atoms with Crippen LogP contribution in [0.25, 0.3) is 0 Å². The highest BCUT2D eigenvalue weighted by Crippen LogP contribution is 2.38. The number of guanidine groups is 1. The molecule has 0 radical (unpaired) electrons. The van der Waals surface area contributed by atoms with E-state index in [0.29, 0.717) is 5.96 Å². The Morgan fingerprint density at radius 1 is 1.25 bits per heavy atom. The van der Waals surface area contributed by atoms with Gasteiger partial charge in [0.25, 0.3) is 0 Å². The molecule has 2 aliphatic rings. The van der Waals surface area contributed by atoms with Crippen LogP contribution in [-0.4, -0.2) is 23.3 Å². The normalized spacial score (nSPS) is 24.9. The summed E-state index contributed by atoms with van der Waals surface area (Å²) in [5, 5.41) is 4.70. The Morgan fingerprint density at radius 2 is 1.75 bits per heavy atom. The van der Waals surface area contributed by atoms with E-state index >= 15 is 0 Å². The zero-order valence-electron chi connectivity index (χ0n) is 6.68. The molecule has 2 fully saturated rings. The van der Waals surface area contributed by atoms with Crippen LogP contribution < -0.4 is 10.6 Å². The molecule has 0 bridgehead atoms. The Hall–Kier alpha value is -1.39. The monoisotopic (exact) mass is 167 g/mol. The van der Waals surface area contributed by atoms with Crippen molar-refractivity contribution in [2.75, 3.05) is 0 Å². The fraction of sp³-hybridized carbons (Fsp3) is 0.571. The molecule has 2 rings (SSSR count). The molecule has 2 N–H and O–H groups in total. The zero-order chi connectivity index (χ0) is 8.77. The van der Waals surface area contributed by atoms with Crippen molar-refractivity contribution in [3.8, 4) is 0 Å². The first-order valence-electron chi connectivity index (χ1n) is 3.81. The SMILES string of the molecule is CC1(N=C2NC(=O)C(=O)N2)CC1. The van der Waals surface area contributed by atoms with Crippen molar-refractivity contribution in [2.24, 2.45) is 4.99 Å². The van der Waals surface area contributed by atoms with E-state index in [1.165, 1.54) is 0 Å². The highest BCUT2D eigenvalue weighted by Gasteiger charge is 2.39. The minimum Gasteiger partial charge on any atom is -0.288 e. The van der Waals surface area contributed by atoms with E-state index in [-0.39, 0.29) is 5.54 Å². The van der Waals surface area contributed by atoms with Gasteiger partial charge in [-0.3, -0.25) is 20.2 Å². The molecule has 0 atom stereocenters. The lowest BCUT2D eigenvalue weighted by Gasteiger charge is -2.01. The second kappa shape index (κ2) is 2.06. The molecule has 1 aliphatic carbocycles. The second-order valence-electron chi connectivity index (χ2n) is 3.37. The average molecular weight is 167 g/mol. The minimum atomic E-state index is -0.627. The van der Waals surface area contributed by atoms with Gasteiger partial charge in [-0.15, -0.1) is 0 Å². The van der Waals surface area contributed by atoms with Crippen LogP contribution in [0.5, 0.6) is 0 Å². The van der Waals surface area contributed by atoms with Crippen molar-refractivity contribution in [1.29, 1.82) is 0 Å². The molecule has 0 unspecified atom stereocenters. The summed E-state index contributed by atoms with van der Waals surface area (Å²) in [7, 11) is 0. The predicted molar refractivity (Wildman–Crippen MR) is 41.4 cm³/mol. The molecule has 12 heavy (non-hydrogen) atoms. The van der Waals surface area contributed by atoms with Crippen LogP contribution in [0, 0.1) is 0 Å². The fourth-order valence-corrected chi connectivity index (χ4v) is 0.978. The van der Waals surface area contributed by atoms with E-state index < -0.39 is 11.8 Å². The minimum absolute atomic E-state index is 0.0553. The molecular formula is C7H9N3O2. The van der Waals surface area contributed by atoms with Crippen LogP contribution in [0.15, 0.2) is 4.99 Å². The average Bonchev–Trinajstić information content (AvgIpc) is 2.59.